The lowest BCUT2D eigenvalue weighted by Gasteiger charge is -2.07. The molecule has 2 heteroatoms. The molecule has 0 bridgehead atoms. The molecule has 0 heterocycles. The Morgan fingerprint density at radius 3 is 2.45 bits per heavy atom. The first-order valence-electron chi connectivity index (χ1n) is 7.28. The van der Waals surface area contributed by atoms with Gasteiger partial charge in [0, 0.05) is 11.3 Å². The maximum Gasteiger partial charge on any atom is 0.255 e. The molecular formula is C20H23NO. The van der Waals surface area contributed by atoms with Gasteiger partial charge in [-0.15, -0.1) is 0 Å². The van der Waals surface area contributed by atoms with Crippen LogP contribution in [0.2, 0.25) is 0 Å². The van der Waals surface area contributed by atoms with E-state index in [2.05, 4.69) is 11.9 Å². The van der Waals surface area contributed by atoms with Gasteiger partial charge in [-0.25, -0.2) is 0 Å². The normalized spacial score (nSPS) is 12.4. The number of benzene rings is 1. The van der Waals surface area contributed by atoms with Crippen LogP contribution in [0.4, 0.5) is 5.69 Å². The van der Waals surface area contributed by atoms with E-state index in [-0.39, 0.29) is 5.91 Å². The van der Waals surface area contributed by atoms with Crippen LogP contribution < -0.4 is 5.32 Å². The second kappa shape index (κ2) is 9.35. The fourth-order valence-corrected chi connectivity index (χ4v) is 1.75. The lowest BCUT2D eigenvalue weighted by Crippen LogP contribution is -2.13. The highest BCUT2D eigenvalue weighted by atomic mass is 16.1. The Morgan fingerprint density at radius 2 is 1.82 bits per heavy atom. The van der Waals surface area contributed by atoms with E-state index in [4.69, 9.17) is 0 Å². The van der Waals surface area contributed by atoms with E-state index in [0.29, 0.717) is 5.57 Å². The van der Waals surface area contributed by atoms with Gasteiger partial charge in [-0.2, -0.15) is 0 Å². The van der Waals surface area contributed by atoms with Crippen LogP contribution in [-0.4, -0.2) is 5.91 Å². The summed E-state index contributed by atoms with van der Waals surface area (Å²) < 4.78 is 0. The largest absolute Gasteiger partial charge is 0.322 e. The van der Waals surface area contributed by atoms with Crippen LogP contribution in [0.5, 0.6) is 0 Å². The van der Waals surface area contributed by atoms with Gasteiger partial charge in [0.05, 0.1) is 0 Å². The molecule has 0 radical (unpaired) electrons. The summed E-state index contributed by atoms with van der Waals surface area (Å²) in [5.41, 5.74) is 3.25. The average molecular weight is 293 g/mol. The predicted molar refractivity (Wildman–Crippen MR) is 95.8 cm³/mol. The highest BCUT2D eigenvalue weighted by Gasteiger charge is 2.05. The summed E-state index contributed by atoms with van der Waals surface area (Å²) in [6.45, 7) is 9.70. The Bertz CT molecular complexity index is 645. The number of hydrogen-bond acceptors (Lipinski definition) is 1. The number of allylic oxidation sites excluding steroid dienone is 7. The van der Waals surface area contributed by atoms with Gasteiger partial charge in [-0.3, -0.25) is 4.79 Å². The molecule has 0 spiro atoms. The van der Waals surface area contributed by atoms with E-state index in [1.54, 1.807) is 6.08 Å². The molecule has 0 saturated carbocycles. The standard InChI is InChI=1S/C20H23NO/c1-5-7-12-18(10-6-2)15-14-17(4)20(22)21-19-13-9-8-11-16(19)3/h5-15H,4H2,1-3H3,(H,21,22)/b7-5+,10-6-,15-14+,18-12+. The van der Waals surface area contributed by atoms with Crippen LogP contribution in [0, 0.1) is 6.92 Å². The molecule has 114 valence electrons. The Balaban J connectivity index is 2.77. The molecule has 0 aliphatic rings. The van der Waals surface area contributed by atoms with Gasteiger partial charge in [-0.05, 0) is 44.1 Å². The zero-order valence-corrected chi connectivity index (χ0v) is 13.5. The summed E-state index contributed by atoms with van der Waals surface area (Å²) >= 11 is 0. The minimum Gasteiger partial charge on any atom is -0.322 e. The Morgan fingerprint density at radius 1 is 1.09 bits per heavy atom. The molecule has 0 saturated heterocycles. The minimum absolute atomic E-state index is 0.198. The van der Waals surface area contributed by atoms with Gasteiger partial charge in [0.1, 0.15) is 0 Å². The van der Waals surface area contributed by atoms with Crippen molar-refractivity contribution in [3.63, 3.8) is 0 Å². The first kappa shape index (κ1) is 17.4. The smallest absolute Gasteiger partial charge is 0.255 e. The molecule has 0 atom stereocenters. The van der Waals surface area contributed by atoms with Gasteiger partial charge < -0.3 is 5.32 Å². The molecule has 0 aliphatic carbocycles. The summed E-state index contributed by atoms with van der Waals surface area (Å²) in [7, 11) is 0. The topological polar surface area (TPSA) is 29.1 Å². The molecule has 0 aromatic heterocycles. The molecule has 0 aliphatic heterocycles. The van der Waals surface area contributed by atoms with Crippen LogP contribution in [0.15, 0.2) is 84.5 Å². The van der Waals surface area contributed by atoms with Crippen LogP contribution in [-0.2, 0) is 4.79 Å². The summed E-state index contributed by atoms with van der Waals surface area (Å²) in [6.07, 6.45) is 13.4. The summed E-state index contributed by atoms with van der Waals surface area (Å²) in [5.74, 6) is -0.198. The van der Waals surface area contributed by atoms with E-state index < -0.39 is 0 Å². The van der Waals surface area contributed by atoms with Crippen LogP contribution >= 0.6 is 0 Å². The van der Waals surface area contributed by atoms with Crippen LogP contribution in [0.3, 0.4) is 0 Å². The lowest BCUT2D eigenvalue weighted by atomic mass is 10.1. The van der Waals surface area contributed by atoms with Gasteiger partial charge in [0.2, 0.25) is 0 Å². The molecule has 1 aromatic rings. The second-order valence-electron chi connectivity index (χ2n) is 4.82. The number of rotatable bonds is 6. The highest BCUT2D eigenvalue weighted by Crippen LogP contribution is 2.14. The van der Waals surface area contributed by atoms with Gasteiger partial charge in [0.15, 0.2) is 0 Å². The zero-order valence-electron chi connectivity index (χ0n) is 13.5. The Hall–Kier alpha value is -2.61. The number of anilines is 1. The van der Waals surface area contributed by atoms with E-state index in [1.165, 1.54) is 0 Å². The van der Waals surface area contributed by atoms with Gasteiger partial charge >= 0.3 is 0 Å². The molecule has 22 heavy (non-hydrogen) atoms. The van der Waals surface area contributed by atoms with Crippen molar-refractivity contribution in [3.8, 4) is 0 Å². The van der Waals surface area contributed by atoms with Crippen molar-refractivity contribution in [2.24, 2.45) is 0 Å². The minimum atomic E-state index is -0.198. The third kappa shape index (κ3) is 5.80. The lowest BCUT2D eigenvalue weighted by molar-refractivity contribution is -0.112. The van der Waals surface area contributed by atoms with E-state index in [1.807, 2.05) is 81.5 Å². The molecule has 1 amide bonds. The number of hydrogen-bond donors (Lipinski definition) is 1. The monoisotopic (exact) mass is 293 g/mol. The van der Waals surface area contributed by atoms with Crippen molar-refractivity contribution in [2.75, 3.05) is 5.32 Å². The SMILES string of the molecule is C=C(/C=C/C(/C=C\C)=C/C=C/C)C(=O)Nc1ccccc1C. The Kier molecular flexibility index (Phi) is 7.41. The maximum absolute atomic E-state index is 12.1. The quantitative estimate of drug-likeness (QED) is 0.572. The molecule has 0 unspecified atom stereocenters. The number of carbonyl (C=O) groups is 1. The molecule has 0 fully saturated rings. The maximum atomic E-state index is 12.1. The van der Waals surface area contributed by atoms with E-state index in [0.717, 1.165) is 16.8 Å². The number of nitrogens with one attached hydrogen (secondary N) is 1. The Labute approximate surface area is 133 Å². The summed E-state index contributed by atoms with van der Waals surface area (Å²) in [5, 5.41) is 2.87. The molecular weight excluding hydrogens is 270 g/mol. The van der Waals surface area contributed by atoms with Crippen molar-refractivity contribution in [2.45, 2.75) is 20.8 Å². The van der Waals surface area contributed by atoms with Crippen molar-refractivity contribution >= 4 is 11.6 Å². The van der Waals surface area contributed by atoms with Crippen LogP contribution in [0.1, 0.15) is 19.4 Å². The highest BCUT2D eigenvalue weighted by molar-refractivity contribution is 6.05. The molecule has 1 rings (SSSR count). The first-order valence-corrected chi connectivity index (χ1v) is 7.28. The number of amides is 1. The van der Waals surface area contributed by atoms with Crippen LogP contribution in [0.25, 0.3) is 0 Å². The third-order valence-electron chi connectivity index (χ3n) is 3.00. The fraction of sp³-hybridized carbons (Fsp3) is 0.150. The fourth-order valence-electron chi connectivity index (χ4n) is 1.75. The van der Waals surface area contributed by atoms with Crippen molar-refractivity contribution < 1.29 is 4.79 Å². The third-order valence-corrected chi connectivity index (χ3v) is 3.00. The second-order valence-corrected chi connectivity index (χ2v) is 4.82. The predicted octanol–water partition coefficient (Wildman–Crippen LogP) is 5.12. The molecule has 1 N–H and O–H groups in total. The molecule has 2 nitrogen and oxygen atoms in total. The average Bonchev–Trinajstić information content (AvgIpc) is 2.51. The zero-order chi connectivity index (χ0) is 16.4. The van der Waals surface area contributed by atoms with Gasteiger partial charge in [-0.1, -0.05) is 61.2 Å². The number of aryl methyl sites for hydroxylation is 1. The number of carbonyl (C=O) groups excluding carboxylic acids is 1. The summed E-state index contributed by atoms with van der Waals surface area (Å²) in [6, 6.07) is 7.67. The van der Waals surface area contributed by atoms with E-state index >= 15 is 0 Å². The molecule has 1 aromatic carbocycles. The summed E-state index contributed by atoms with van der Waals surface area (Å²) in [4.78, 5) is 12.1. The number of para-hydroxylation sites is 1. The van der Waals surface area contributed by atoms with Crippen molar-refractivity contribution in [1.29, 1.82) is 0 Å². The van der Waals surface area contributed by atoms with Crippen molar-refractivity contribution in [1.82, 2.24) is 0 Å². The first-order chi connectivity index (χ1) is 10.6. The van der Waals surface area contributed by atoms with Crippen molar-refractivity contribution in [3.05, 3.63) is 90.1 Å². The van der Waals surface area contributed by atoms with E-state index in [9.17, 15) is 4.79 Å². The van der Waals surface area contributed by atoms with Gasteiger partial charge in [0.25, 0.3) is 5.91 Å².